The third-order valence-corrected chi connectivity index (χ3v) is 3.20. The molecule has 1 saturated heterocycles. The zero-order chi connectivity index (χ0) is 12.3. The Morgan fingerprint density at radius 1 is 1.47 bits per heavy atom. The number of carbonyl (C=O) groups is 1. The maximum atomic E-state index is 12.1. The van der Waals surface area contributed by atoms with Gasteiger partial charge in [-0.15, -0.1) is 0 Å². The van der Waals surface area contributed by atoms with Crippen molar-refractivity contribution in [2.45, 2.75) is 20.4 Å². The van der Waals surface area contributed by atoms with Crippen LogP contribution in [0.5, 0.6) is 0 Å². The van der Waals surface area contributed by atoms with E-state index in [0.29, 0.717) is 0 Å². The molecule has 1 N–H and O–H groups in total. The number of hydrogen-bond donors (Lipinski definition) is 1. The zero-order valence-corrected chi connectivity index (χ0v) is 10.6. The molecule has 1 fully saturated rings. The molecule has 0 bridgehead atoms. The summed E-state index contributed by atoms with van der Waals surface area (Å²) >= 11 is 0. The number of hydrogen-bond acceptors (Lipinski definition) is 2. The summed E-state index contributed by atoms with van der Waals surface area (Å²) in [4.78, 5) is 14.1. The van der Waals surface area contributed by atoms with Crippen LogP contribution >= 0.6 is 0 Å². The summed E-state index contributed by atoms with van der Waals surface area (Å²) in [6.45, 7) is 7.29. The average Bonchev–Trinajstić information content (AvgIpc) is 2.45. The first-order valence-electron chi connectivity index (χ1n) is 6.22. The van der Waals surface area contributed by atoms with E-state index in [2.05, 4.69) is 36.5 Å². The SMILES string of the molecule is Cc1cccc(CN2CCNCC(C)C2=O)c1. The predicted molar refractivity (Wildman–Crippen MR) is 68.6 cm³/mol. The molecule has 92 valence electrons. The molecule has 0 radical (unpaired) electrons. The Morgan fingerprint density at radius 2 is 2.29 bits per heavy atom. The minimum atomic E-state index is 0.0855. The normalized spacial score (nSPS) is 21.4. The van der Waals surface area contributed by atoms with Gasteiger partial charge < -0.3 is 10.2 Å². The maximum Gasteiger partial charge on any atom is 0.227 e. The van der Waals surface area contributed by atoms with Gasteiger partial charge in [-0.25, -0.2) is 0 Å². The maximum absolute atomic E-state index is 12.1. The fraction of sp³-hybridized carbons (Fsp3) is 0.500. The van der Waals surface area contributed by atoms with Crippen LogP contribution in [0.3, 0.4) is 0 Å². The first kappa shape index (κ1) is 12.1. The van der Waals surface area contributed by atoms with E-state index in [9.17, 15) is 4.79 Å². The van der Waals surface area contributed by atoms with Gasteiger partial charge in [0.1, 0.15) is 0 Å². The summed E-state index contributed by atoms with van der Waals surface area (Å²) in [7, 11) is 0. The van der Waals surface area contributed by atoms with Gasteiger partial charge in [0.15, 0.2) is 0 Å². The highest BCUT2D eigenvalue weighted by Gasteiger charge is 2.22. The van der Waals surface area contributed by atoms with Crippen molar-refractivity contribution in [2.24, 2.45) is 5.92 Å². The largest absolute Gasteiger partial charge is 0.337 e. The molecule has 3 nitrogen and oxygen atoms in total. The molecule has 0 aromatic heterocycles. The van der Waals surface area contributed by atoms with E-state index in [1.54, 1.807) is 0 Å². The molecular weight excluding hydrogens is 212 g/mol. The van der Waals surface area contributed by atoms with E-state index in [0.717, 1.165) is 26.2 Å². The highest BCUT2D eigenvalue weighted by molar-refractivity contribution is 5.79. The summed E-state index contributed by atoms with van der Waals surface area (Å²) in [6.07, 6.45) is 0. The number of benzene rings is 1. The molecule has 0 spiro atoms. The summed E-state index contributed by atoms with van der Waals surface area (Å²) in [5.74, 6) is 0.346. The Bertz CT molecular complexity index is 403. The molecule has 1 amide bonds. The molecule has 2 rings (SSSR count). The van der Waals surface area contributed by atoms with Gasteiger partial charge in [0, 0.05) is 32.1 Å². The molecule has 17 heavy (non-hydrogen) atoms. The minimum Gasteiger partial charge on any atom is -0.337 e. The molecule has 1 heterocycles. The second-order valence-electron chi connectivity index (χ2n) is 4.85. The van der Waals surface area contributed by atoms with E-state index in [4.69, 9.17) is 0 Å². The summed E-state index contributed by atoms with van der Waals surface area (Å²) in [6, 6.07) is 8.37. The lowest BCUT2D eigenvalue weighted by molar-refractivity contribution is -0.134. The molecule has 1 aliphatic rings. The molecule has 1 aromatic carbocycles. The van der Waals surface area contributed by atoms with Gasteiger partial charge in [-0.3, -0.25) is 4.79 Å². The third kappa shape index (κ3) is 3.07. The van der Waals surface area contributed by atoms with Gasteiger partial charge in [0.05, 0.1) is 0 Å². The van der Waals surface area contributed by atoms with Crippen molar-refractivity contribution in [3.8, 4) is 0 Å². The van der Waals surface area contributed by atoms with Crippen LogP contribution in [-0.4, -0.2) is 30.4 Å². The molecule has 0 saturated carbocycles. The van der Waals surface area contributed by atoms with Crippen molar-refractivity contribution < 1.29 is 4.79 Å². The van der Waals surface area contributed by atoms with Crippen LogP contribution in [0.2, 0.25) is 0 Å². The second-order valence-corrected chi connectivity index (χ2v) is 4.85. The minimum absolute atomic E-state index is 0.0855. The number of aryl methyl sites for hydroxylation is 1. The van der Waals surface area contributed by atoms with Gasteiger partial charge in [-0.2, -0.15) is 0 Å². The Morgan fingerprint density at radius 3 is 3.06 bits per heavy atom. The molecule has 3 heteroatoms. The van der Waals surface area contributed by atoms with Crippen LogP contribution < -0.4 is 5.32 Å². The van der Waals surface area contributed by atoms with Crippen LogP contribution in [0.15, 0.2) is 24.3 Å². The third-order valence-electron chi connectivity index (χ3n) is 3.20. The lowest BCUT2D eigenvalue weighted by Crippen LogP contribution is -2.34. The van der Waals surface area contributed by atoms with Crippen LogP contribution in [-0.2, 0) is 11.3 Å². The first-order chi connectivity index (χ1) is 8.16. The number of carbonyl (C=O) groups excluding carboxylic acids is 1. The Hall–Kier alpha value is -1.35. The number of nitrogens with one attached hydrogen (secondary N) is 1. The van der Waals surface area contributed by atoms with Crippen LogP contribution in [0.4, 0.5) is 0 Å². The lowest BCUT2D eigenvalue weighted by Gasteiger charge is -2.22. The smallest absolute Gasteiger partial charge is 0.227 e. The van der Waals surface area contributed by atoms with Gasteiger partial charge in [-0.1, -0.05) is 36.8 Å². The summed E-state index contributed by atoms with van der Waals surface area (Å²) < 4.78 is 0. The second kappa shape index (κ2) is 5.32. The van der Waals surface area contributed by atoms with Gasteiger partial charge in [0.2, 0.25) is 5.91 Å². The van der Waals surface area contributed by atoms with Crippen molar-refractivity contribution in [1.29, 1.82) is 0 Å². The van der Waals surface area contributed by atoms with Crippen molar-refractivity contribution in [3.05, 3.63) is 35.4 Å². The topological polar surface area (TPSA) is 32.3 Å². The molecule has 1 aromatic rings. The van der Waals surface area contributed by atoms with Gasteiger partial charge in [-0.05, 0) is 12.5 Å². The standard InChI is InChI=1S/C14H20N2O/c1-11-4-3-5-13(8-11)10-16-7-6-15-9-12(2)14(16)17/h3-5,8,12,15H,6-7,9-10H2,1-2H3. The van der Waals surface area contributed by atoms with Crippen molar-refractivity contribution in [2.75, 3.05) is 19.6 Å². The Kier molecular flexibility index (Phi) is 3.79. The molecular formula is C14H20N2O. The Balaban J connectivity index is 2.08. The molecule has 0 aliphatic carbocycles. The predicted octanol–water partition coefficient (Wildman–Crippen LogP) is 1.56. The van der Waals surface area contributed by atoms with Gasteiger partial charge in [0.25, 0.3) is 0 Å². The quantitative estimate of drug-likeness (QED) is 0.839. The van der Waals surface area contributed by atoms with E-state index < -0.39 is 0 Å². The number of amides is 1. The van der Waals surface area contributed by atoms with E-state index in [1.165, 1.54) is 11.1 Å². The zero-order valence-electron chi connectivity index (χ0n) is 10.6. The van der Waals surface area contributed by atoms with E-state index in [-0.39, 0.29) is 11.8 Å². The van der Waals surface area contributed by atoms with Crippen molar-refractivity contribution >= 4 is 5.91 Å². The highest BCUT2D eigenvalue weighted by atomic mass is 16.2. The van der Waals surface area contributed by atoms with Crippen molar-refractivity contribution in [3.63, 3.8) is 0 Å². The fourth-order valence-electron chi connectivity index (χ4n) is 2.23. The monoisotopic (exact) mass is 232 g/mol. The van der Waals surface area contributed by atoms with Gasteiger partial charge >= 0.3 is 0 Å². The molecule has 1 aliphatic heterocycles. The number of rotatable bonds is 2. The van der Waals surface area contributed by atoms with Crippen LogP contribution in [0.25, 0.3) is 0 Å². The van der Waals surface area contributed by atoms with E-state index in [1.807, 2.05) is 11.8 Å². The lowest BCUT2D eigenvalue weighted by atomic mass is 10.1. The molecule has 1 atom stereocenters. The highest BCUT2D eigenvalue weighted by Crippen LogP contribution is 2.11. The molecule has 1 unspecified atom stereocenters. The van der Waals surface area contributed by atoms with E-state index >= 15 is 0 Å². The average molecular weight is 232 g/mol. The summed E-state index contributed by atoms with van der Waals surface area (Å²) in [5, 5.41) is 3.29. The number of nitrogens with zero attached hydrogens (tertiary/aromatic N) is 1. The fourth-order valence-corrected chi connectivity index (χ4v) is 2.23. The van der Waals surface area contributed by atoms with Crippen LogP contribution in [0.1, 0.15) is 18.1 Å². The van der Waals surface area contributed by atoms with Crippen molar-refractivity contribution in [1.82, 2.24) is 10.2 Å². The van der Waals surface area contributed by atoms with Crippen LogP contribution in [0, 0.1) is 12.8 Å². The first-order valence-corrected chi connectivity index (χ1v) is 6.22. The summed E-state index contributed by atoms with van der Waals surface area (Å²) in [5.41, 5.74) is 2.46. The Labute approximate surface area is 103 Å².